The lowest BCUT2D eigenvalue weighted by Gasteiger charge is -1.98. The number of fused-ring (bicyclic) bond motifs is 1. The van der Waals surface area contributed by atoms with Crippen LogP contribution in [0.25, 0.3) is 17.2 Å². The first-order valence-corrected chi connectivity index (χ1v) is 5.07. The van der Waals surface area contributed by atoms with Crippen LogP contribution in [0.2, 0.25) is 0 Å². The molecule has 2 N–H and O–H groups in total. The number of aromatic nitrogens is 5. The van der Waals surface area contributed by atoms with E-state index in [1.54, 1.807) is 11.5 Å². The van der Waals surface area contributed by atoms with Crippen molar-refractivity contribution >= 4 is 17.1 Å². The van der Waals surface area contributed by atoms with Gasteiger partial charge in [-0.1, -0.05) is 5.10 Å². The molecule has 0 amide bonds. The normalized spacial score (nSPS) is 11.2. The number of hydrogen-bond acceptors (Lipinski definition) is 6. The van der Waals surface area contributed by atoms with Crippen LogP contribution < -0.4 is 5.73 Å². The molecule has 0 saturated heterocycles. The number of nitrogens with two attached hydrogens (primary N) is 1. The van der Waals surface area contributed by atoms with Crippen LogP contribution in [0, 0.1) is 13.8 Å². The summed E-state index contributed by atoms with van der Waals surface area (Å²) in [4.78, 5) is 8.57. The SMILES string of the molecule is Cc1ccc2nc(N)n(-c3nnc(C)o3)c2n1. The summed E-state index contributed by atoms with van der Waals surface area (Å²) >= 11 is 0. The molecule has 7 heteroatoms. The second-order valence-electron chi connectivity index (χ2n) is 3.70. The first-order chi connectivity index (χ1) is 8.15. The zero-order valence-corrected chi connectivity index (χ0v) is 9.38. The average molecular weight is 230 g/mol. The molecule has 3 heterocycles. The maximum atomic E-state index is 5.83. The summed E-state index contributed by atoms with van der Waals surface area (Å²) in [6.07, 6.45) is 0. The molecule has 0 fully saturated rings. The zero-order chi connectivity index (χ0) is 12.0. The van der Waals surface area contributed by atoms with E-state index in [-0.39, 0.29) is 12.0 Å². The van der Waals surface area contributed by atoms with Crippen molar-refractivity contribution in [3.8, 4) is 6.01 Å². The predicted octanol–water partition coefficient (Wildman–Crippen LogP) is 1.00. The van der Waals surface area contributed by atoms with Gasteiger partial charge in [-0.2, -0.15) is 0 Å². The number of hydrogen-bond donors (Lipinski definition) is 1. The Morgan fingerprint density at radius 1 is 1.18 bits per heavy atom. The summed E-state index contributed by atoms with van der Waals surface area (Å²) in [5.74, 6) is 0.746. The molecule has 0 aliphatic carbocycles. The second-order valence-corrected chi connectivity index (χ2v) is 3.70. The van der Waals surface area contributed by atoms with Crippen LogP contribution >= 0.6 is 0 Å². The maximum Gasteiger partial charge on any atom is 0.331 e. The molecule has 17 heavy (non-hydrogen) atoms. The van der Waals surface area contributed by atoms with Gasteiger partial charge in [-0.3, -0.25) is 0 Å². The Hall–Kier alpha value is -2.44. The molecule has 0 bridgehead atoms. The van der Waals surface area contributed by atoms with Gasteiger partial charge in [0.15, 0.2) is 5.65 Å². The molecule has 0 unspecified atom stereocenters. The van der Waals surface area contributed by atoms with E-state index in [1.165, 1.54) is 0 Å². The minimum absolute atomic E-state index is 0.278. The van der Waals surface area contributed by atoms with Crippen molar-refractivity contribution < 1.29 is 4.42 Å². The third kappa shape index (κ3) is 1.43. The van der Waals surface area contributed by atoms with Crippen molar-refractivity contribution in [2.24, 2.45) is 0 Å². The van der Waals surface area contributed by atoms with E-state index in [4.69, 9.17) is 10.2 Å². The number of anilines is 1. The summed E-state index contributed by atoms with van der Waals surface area (Å²) in [6, 6.07) is 4.01. The first-order valence-electron chi connectivity index (χ1n) is 5.07. The average Bonchev–Trinajstić information content (AvgIpc) is 2.81. The second kappa shape index (κ2) is 3.27. The van der Waals surface area contributed by atoms with Crippen molar-refractivity contribution in [3.63, 3.8) is 0 Å². The standard InChI is InChI=1S/C10H10N6O/c1-5-3-4-7-8(12-5)16(9(11)13-7)10-15-14-6(2)17-10/h3-4H,1-2H3,(H2,11,13). The molecule has 3 aromatic rings. The quantitative estimate of drug-likeness (QED) is 0.670. The van der Waals surface area contributed by atoms with E-state index in [9.17, 15) is 0 Å². The topological polar surface area (TPSA) is 95.7 Å². The van der Waals surface area contributed by atoms with Gasteiger partial charge in [0.2, 0.25) is 11.8 Å². The predicted molar refractivity (Wildman–Crippen MR) is 60.6 cm³/mol. The van der Waals surface area contributed by atoms with Gasteiger partial charge >= 0.3 is 6.01 Å². The summed E-state index contributed by atoms with van der Waals surface area (Å²) in [7, 11) is 0. The maximum absolute atomic E-state index is 5.83. The molecule has 0 aliphatic rings. The van der Waals surface area contributed by atoms with Crippen LogP contribution in [-0.4, -0.2) is 24.7 Å². The molecule has 3 aromatic heterocycles. The van der Waals surface area contributed by atoms with E-state index >= 15 is 0 Å². The Kier molecular flexibility index (Phi) is 1.88. The smallest absolute Gasteiger partial charge is 0.331 e. The van der Waals surface area contributed by atoms with Crippen molar-refractivity contribution in [2.75, 3.05) is 5.73 Å². The molecular weight excluding hydrogens is 220 g/mol. The minimum atomic E-state index is 0.278. The van der Waals surface area contributed by atoms with Crippen molar-refractivity contribution in [2.45, 2.75) is 13.8 Å². The summed E-state index contributed by atoms with van der Waals surface area (Å²) in [5, 5.41) is 7.68. The fraction of sp³-hybridized carbons (Fsp3) is 0.200. The third-order valence-corrected chi connectivity index (χ3v) is 2.38. The van der Waals surface area contributed by atoms with Gasteiger partial charge in [-0.05, 0) is 19.1 Å². The van der Waals surface area contributed by atoms with Gasteiger partial charge in [0.05, 0.1) is 0 Å². The largest absolute Gasteiger partial charge is 0.408 e. The van der Waals surface area contributed by atoms with Gasteiger partial charge in [0.1, 0.15) is 5.52 Å². The number of pyridine rings is 1. The highest BCUT2D eigenvalue weighted by Gasteiger charge is 2.15. The van der Waals surface area contributed by atoms with Crippen molar-refractivity contribution in [1.82, 2.24) is 24.7 Å². The van der Waals surface area contributed by atoms with Crippen LogP contribution in [0.3, 0.4) is 0 Å². The molecule has 0 radical (unpaired) electrons. The fourth-order valence-corrected chi connectivity index (χ4v) is 1.63. The molecule has 0 aliphatic heterocycles. The molecular formula is C10H10N6O. The third-order valence-electron chi connectivity index (χ3n) is 2.38. The van der Waals surface area contributed by atoms with Crippen molar-refractivity contribution in [1.29, 1.82) is 0 Å². The highest BCUT2D eigenvalue weighted by Crippen LogP contribution is 2.20. The van der Waals surface area contributed by atoms with E-state index in [1.807, 2.05) is 19.1 Å². The van der Waals surface area contributed by atoms with Crippen LogP contribution in [0.1, 0.15) is 11.6 Å². The van der Waals surface area contributed by atoms with Gasteiger partial charge < -0.3 is 10.2 Å². The van der Waals surface area contributed by atoms with Crippen LogP contribution in [0.15, 0.2) is 16.5 Å². The Morgan fingerprint density at radius 2 is 2.00 bits per heavy atom. The van der Waals surface area contributed by atoms with Gasteiger partial charge in [-0.25, -0.2) is 14.5 Å². The van der Waals surface area contributed by atoms with Crippen LogP contribution in [-0.2, 0) is 0 Å². The van der Waals surface area contributed by atoms with Crippen LogP contribution in [0.4, 0.5) is 5.95 Å². The van der Waals surface area contributed by atoms with Gasteiger partial charge in [0, 0.05) is 12.6 Å². The molecule has 86 valence electrons. The van der Waals surface area contributed by atoms with Crippen molar-refractivity contribution in [3.05, 3.63) is 23.7 Å². The molecule has 0 saturated carbocycles. The minimum Gasteiger partial charge on any atom is -0.408 e. The zero-order valence-electron chi connectivity index (χ0n) is 9.38. The van der Waals surface area contributed by atoms with E-state index in [2.05, 4.69) is 20.2 Å². The number of aryl methyl sites for hydroxylation is 2. The summed E-state index contributed by atoms with van der Waals surface area (Å²) < 4.78 is 6.88. The Balaban J connectivity index is 2.34. The van der Waals surface area contributed by atoms with Gasteiger partial charge in [-0.15, -0.1) is 5.10 Å². The molecule has 0 spiro atoms. The van der Waals surface area contributed by atoms with E-state index in [0.29, 0.717) is 17.1 Å². The Labute approximate surface area is 96.3 Å². The molecule has 0 atom stereocenters. The highest BCUT2D eigenvalue weighted by atomic mass is 16.4. The number of nitrogens with zero attached hydrogens (tertiary/aromatic N) is 5. The molecule has 3 rings (SSSR count). The first kappa shape index (κ1) is 9.76. The Bertz CT molecular complexity index is 698. The van der Waals surface area contributed by atoms with Gasteiger partial charge in [0.25, 0.3) is 0 Å². The lowest BCUT2D eigenvalue weighted by atomic mass is 10.3. The summed E-state index contributed by atoms with van der Waals surface area (Å²) in [5.41, 5.74) is 8.01. The number of imidazole rings is 1. The van der Waals surface area contributed by atoms with E-state index in [0.717, 1.165) is 5.69 Å². The molecule has 0 aromatic carbocycles. The van der Waals surface area contributed by atoms with E-state index < -0.39 is 0 Å². The lowest BCUT2D eigenvalue weighted by Crippen LogP contribution is -2.02. The highest BCUT2D eigenvalue weighted by molar-refractivity contribution is 5.76. The Morgan fingerprint density at radius 3 is 2.71 bits per heavy atom. The lowest BCUT2D eigenvalue weighted by molar-refractivity contribution is 0.499. The fourth-order valence-electron chi connectivity index (χ4n) is 1.63. The number of nitrogen functional groups attached to an aromatic ring is 1. The number of rotatable bonds is 1. The monoisotopic (exact) mass is 230 g/mol. The van der Waals surface area contributed by atoms with Crippen LogP contribution in [0.5, 0.6) is 0 Å². The molecule has 7 nitrogen and oxygen atoms in total. The summed E-state index contributed by atoms with van der Waals surface area (Å²) in [6.45, 7) is 3.61.